The quantitative estimate of drug-likeness (QED) is 0.646. The summed E-state index contributed by atoms with van der Waals surface area (Å²) in [6.07, 6.45) is 1.94. The number of rotatable bonds is 0. The summed E-state index contributed by atoms with van der Waals surface area (Å²) in [4.78, 5) is 0. The summed E-state index contributed by atoms with van der Waals surface area (Å²) in [6, 6.07) is 8.49. The number of fused-ring (bicyclic) bond motifs is 1. The van der Waals surface area contributed by atoms with Crippen molar-refractivity contribution in [2.24, 2.45) is 5.92 Å². The highest BCUT2D eigenvalue weighted by Crippen LogP contribution is 2.38. The summed E-state index contributed by atoms with van der Waals surface area (Å²) in [5.41, 5.74) is 2.70. The summed E-state index contributed by atoms with van der Waals surface area (Å²) < 4.78 is 11.7. The van der Waals surface area contributed by atoms with E-state index >= 15 is 0 Å². The van der Waals surface area contributed by atoms with Crippen LogP contribution in [0.15, 0.2) is 24.3 Å². The third-order valence-corrected chi connectivity index (χ3v) is 3.36. The molecule has 0 unspecified atom stereocenters. The lowest BCUT2D eigenvalue weighted by Gasteiger charge is -2.34. The summed E-state index contributed by atoms with van der Waals surface area (Å²) >= 11 is 0. The van der Waals surface area contributed by atoms with Crippen molar-refractivity contribution in [1.29, 1.82) is 0 Å². The average Bonchev–Trinajstić information content (AvgIpc) is 2.60. The molecule has 0 N–H and O–H groups in total. The SMILES string of the molecule is C[C@@H]1CO[C@@]2(Cc3ccccc3CO2)C1. The molecule has 0 bridgehead atoms. The molecule has 2 heterocycles. The predicted octanol–water partition coefficient (Wildman–Crippen LogP) is 2.51. The van der Waals surface area contributed by atoms with Crippen molar-refractivity contribution >= 4 is 0 Å². The lowest BCUT2D eigenvalue weighted by atomic mass is 9.93. The Labute approximate surface area is 90.2 Å². The monoisotopic (exact) mass is 204 g/mol. The molecule has 0 radical (unpaired) electrons. The van der Waals surface area contributed by atoms with Gasteiger partial charge in [0.1, 0.15) is 0 Å². The molecule has 0 saturated carbocycles. The first-order valence-electron chi connectivity index (χ1n) is 5.62. The van der Waals surface area contributed by atoms with Crippen LogP contribution < -0.4 is 0 Å². The highest BCUT2D eigenvalue weighted by atomic mass is 16.7. The fourth-order valence-electron chi connectivity index (χ4n) is 2.59. The van der Waals surface area contributed by atoms with Crippen molar-refractivity contribution in [2.75, 3.05) is 6.61 Å². The Kier molecular flexibility index (Phi) is 2.08. The molecule has 2 aliphatic rings. The highest BCUT2D eigenvalue weighted by molar-refractivity contribution is 5.29. The zero-order valence-corrected chi connectivity index (χ0v) is 9.03. The van der Waals surface area contributed by atoms with Crippen molar-refractivity contribution in [3.63, 3.8) is 0 Å². The lowest BCUT2D eigenvalue weighted by Crippen LogP contribution is -2.37. The van der Waals surface area contributed by atoms with Crippen molar-refractivity contribution in [2.45, 2.75) is 32.2 Å². The second-order valence-electron chi connectivity index (χ2n) is 4.77. The van der Waals surface area contributed by atoms with Crippen molar-refractivity contribution in [3.05, 3.63) is 35.4 Å². The minimum atomic E-state index is -0.312. The molecule has 1 aromatic rings. The van der Waals surface area contributed by atoms with E-state index in [0.717, 1.165) is 19.4 Å². The maximum absolute atomic E-state index is 5.90. The normalized spacial score (nSPS) is 34.3. The van der Waals surface area contributed by atoms with Gasteiger partial charge in [0.15, 0.2) is 5.79 Å². The van der Waals surface area contributed by atoms with Crippen LogP contribution >= 0.6 is 0 Å². The Hall–Kier alpha value is -0.860. The minimum absolute atomic E-state index is 0.312. The Bertz CT molecular complexity index is 375. The average molecular weight is 204 g/mol. The van der Waals surface area contributed by atoms with E-state index in [4.69, 9.17) is 9.47 Å². The standard InChI is InChI=1S/C13H16O2/c1-10-6-13(14-8-10)7-11-4-2-3-5-12(11)9-15-13/h2-5,10H,6-9H2,1H3/t10-,13-/m0/s1. The Balaban J connectivity index is 1.89. The van der Waals surface area contributed by atoms with Crippen LogP contribution in [0.25, 0.3) is 0 Å². The van der Waals surface area contributed by atoms with Gasteiger partial charge in [-0.1, -0.05) is 31.2 Å². The summed E-state index contributed by atoms with van der Waals surface area (Å²) in [5, 5.41) is 0. The Morgan fingerprint density at radius 1 is 1.20 bits per heavy atom. The summed E-state index contributed by atoms with van der Waals surface area (Å²) in [6.45, 7) is 3.75. The van der Waals surface area contributed by atoms with E-state index in [1.165, 1.54) is 11.1 Å². The van der Waals surface area contributed by atoms with Crippen LogP contribution in [0.4, 0.5) is 0 Å². The molecule has 1 saturated heterocycles. The van der Waals surface area contributed by atoms with Gasteiger partial charge in [0.25, 0.3) is 0 Å². The Morgan fingerprint density at radius 2 is 2.00 bits per heavy atom. The molecule has 2 atom stereocenters. The van der Waals surface area contributed by atoms with Gasteiger partial charge in [-0.3, -0.25) is 0 Å². The van der Waals surface area contributed by atoms with E-state index in [0.29, 0.717) is 12.5 Å². The van der Waals surface area contributed by atoms with Gasteiger partial charge in [-0.15, -0.1) is 0 Å². The van der Waals surface area contributed by atoms with E-state index in [2.05, 4.69) is 31.2 Å². The molecule has 3 rings (SSSR count). The van der Waals surface area contributed by atoms with Gasteiger partial charge in [0.2, 0.25) is 0 Å². The molecule has 0 amide bonds. The smallest absolute Gasteiger partial charge is 0.173 e. The molecule has 80 valence electrons. The molecule has 0 aliphatic carbocycles. The lowest BCUT2D eigenvalue weighted by molar-refractivity contribution is -0.223. The molecule has 0 aromatic heterocycles. The van der Waals surface area contributed by atoms with Gasteiger partial charge in [0.05, 0.1) is 13.2 Å². The highest BCUT2D eigenvalue weighted by Gasteiger charge is 2.42. The maximum atomic E-state index is 5.90. The Morgan fingerprint density at radius 3 is 2.73 bits per heavy atom. The zero-order valence-electron chi connectivity index (χ0n) is 9.03. The van der Waals surface area contributed by atoms with Gasteiger partial charge < -0.3 is 9.47 Å². The number of hydrogen-bond donors (Lipinski definition) is 0. The van der Waals surface area contributed by atoms with Crippen LogP contribution in [0.5, 0.6) is 0 Å². The summed E-state index contributed by atoms with van der Waals surface area (Å²) in [5.74, 6) is 0.309. The molecule has 1 fully saturated rings. The first-order valence-corrected chi connectivity index (χ1v) is 5.62. The summed E-state index contributed by atoms with van der Waals surface area (Å²) in [7, 11) is 0. The molecular formula is C13H16O2. The van der Waals surface area contributed by atoms with Crippen molar-refractivity contribution < 1.29 is 9.47 Å². The van der Waals surface area contributed by atoms with E-state index in [1.54, 1.807) is 0 Å². The van der Waals surface area contributed by atoms with Crippen LogP contribution in [0.1, 0.15) is 24.5 Å². The molecule has 1 aromatic carbocycles. The molecular weight excluding hydrogens is 188 g/mol. The topological polar surface area (TPSA) is 18.5 Å². The van der Waals surface area contributed by atoms with E-state index < -0.39 is 0 Å². The molecule has 2 heteroatoms. The number of ether oxygens (including phenoxy) is 2. The second kappa shape index (κ2) is 3.32. The van der Waals surface area contributed by atoms with Crippen molar-refractivity contribution in [3.8, 4) is 0 Å². The van der Waals surface area contributed by atoms with Crippen LogP contribution in [-0.4, -0.2) is 12.4 Å². The van der Waals surface area contributed by atoms with Crippen LogP contribution in [0.2, 0.25) is 0 Å². The molecule has 2 nitrogen and oxygen atoms in total. The minimum Gasteiger partial charge on any atom is -0.349 e. The fourth-order valence-corrected chi connectivity index (χ4v) is 2.59. The van der Waals surface area contributed by atoms with Crippen LogP contribution in [-0.2, 0) is 22.5 Å². The third-order valence-electron chi connectivity index (χ3n) is 3.36. The zero-order chi connectivity index (χ0) is 10.3. The van der Waals surface area contributed by atoms with Crippen molar-refractivity contribution in [1.82, 2.24) is 0 Å². The van der Waals surface area contributed by atoms with E-state index in [1.807, 2.05) is 0 Å². The van der Waals surface area contributed by atoms with Gasteiger partial charge in [0, 0.05) is 12.8 Å². The van der Waals surface area contributed by atoms with Crippen LogP contribution in [0, 0.1) is 5.92 Å². The fraction of sp³-hybridized carbons (Fsp3) is 0.538. The number of benzene rings is 1. The van der Waals surface area contributed by atoms with E-state index in [-0.39, 0.29) is 5.79 Å². The predicted molar refractivity (Wildman–Crippen MR) is 57.4 cm³/mol. The maximum Gasteiger partial charge on any atom is 0.173 e. The first-order chi connectivity index (χ1) is 7.27. The largest absolute Gasteiger partial charge is 0.349 e. The molecule has 2 aliphatic heterocycles. The van der Waals surface area contributed by atoms with Gasteiger partial charge in [-0.2, -0.15) is 0 Å². The van der Waals surface area contributed by atoms with Gasteiger partial charge >= 0.3 is 0 Å². The third kappa shape index (κ3) is 1.58. The first kappa shape index (κ1) is 9.37. The van der Waals surface area contributed by atoms with E-state index in [9.17, 15) is 0 Å². The molecule has 15 heavy (non-hydrogen) atoms. The van der Waals surface area contributed by atoms with Crippen LogP contribution in [0.3, 0.4) is 0 Å². The second-order valence-corrected chi connectivity index (χ2v) is 4.77. The number of hydrogen-bond acceptors (Lipinski definition) is 2. The van der Waals surface area contributed by atoms with Gasteiger partial charge in [-0.25, -0.2) is 0 Å². The molecule has 1 spiro atoms. The van der Waals surface area contributed by atoms with Gasteiger partial charge in [-0.05, 0) is 17.0 Å².